The zero-order valence-electron chi connectivity index (χ0n) is 10.0. The first kappa shape index (κ1) is 13.3. The maximum atomic E-state index is 5.34. The molecule has 1 aromatic rings. The van der Waals surface area contributed by atoms with Gasteiger partial charge in [0, 0.05) is 30.8 Å². The van der Waals surface area contributed by atoms with Crippen molar-refractivity contribution in [2.45, 2.75) is 18.9 Å². The third-order valence-corrected chi connectivity index (χ3v) is 4.32. The summed E-state index contributed by atoms with van der Waals surface area (Å²) in [6.07, 6.45) is 0. The van der Waals surface area contributed by atoms with E-state index in [1.165, 1.54) is 4.88 Å². The van der Waals surface area contributed by atoms with Crippen molar-refractivity contribution in [3.05, 3.63) is 15.6 Å². The molecule has 0 unspecified atom stereocenters. The number of hydrogen-bond donors (Lipinski definition) is 1. The minimum atomic E-state index is 0.579. The lowest BCUT2D eigenvalue weighted by molar-refractivity contribution is 0.0341. The van der Waals surface area contributed by atoms with Gasteiger partial charge in [-0.2, -0.15) is 12.6 Å². The Balaban J connectivity index is 1.99. The van der Waals surface area contributed by atoms with Gasteiger partial charge in [-0.25, -0.2) is 4.98 Å². The van der Waals surface area contributed by atoms with E-state index in [0.29, 0.717) is 6.61 Å². The van der Waals surface area contributed by atoms with Gasteiger partial charge >= 0.3 is 0 Å². The van der Waals surface area contributed by atoms with E-state index in [-0.39, 0.29) is 0 Å². The molecule has 0 aliphatic carbocycles. The van der Waals surface area contributed by atoms with Crippen molar-refractivity contribution in [1.82, 2.24) is 9.88 Å². The van der Waals surface area contributed by atoms with Crippen molar-refractivity contribution in [2.75, 3.05) is 33.4 Å². The molecule has 0 atom stereocenters. The monoisotopic (exact) mass is 274 g/mol. The van der Waals surface area contributed by atoms with Gasteiger partial charge in [-0.3, -0.25) is 4.90 Å². The van der Waals surface area contributed by atoms with Crippen molar-refractivity contribution in [1.29, 1.82) is 0 Å². The number of ether oxygens (including phenoxy) is 2. The minimum Gasteiger partial charge on any atom is -0.379 e. The number of thiazole rings is 1. The molecule has 2 rings (SSSR count). The highest BCUT2D eigenvalue weighted by atomic mass is 32.1. The molecule has 1 fully saturated rings. The van der Waals surface area contributed by atoms with Crippen molar-refractivity contribution in [2.24, 2.45) is 0 Å². The first-order valence-corrected chi connectivity index (χ1v) is 7.15. The average Bonchev–Trinajstić information content (AvgIpc) is 2.73. The van der Waals surface area contributed by atoms with Crippen LogP contribution in [0.4, 0.5) is 0 Å². The number of aromatic nitrogens is 1. The molecule has 0 amide bonds. The fourth-order valence-electron chi connectivity index (χ4n) is 1.83. The number of methoxy groups -OCH3 is 1. The molecule has 2 heterocycles. The molecular weight excluding hydrogens is 256 g/mol. The van der Waals surface area contributed by atoms with Crippen LogP contribution in [0.1, 0.15) is 15.6 Å². The molecule has 0 saturated carbocycles. The van der Waals surface area contributed by atoms with E-state index in [1.54, 1.807) is 18.4 Å². The SMILES string of the molecule is COCc1nc(CN2CCOCC2)sc1CS. The number of nitrogens with zero attached hydrogens (tertiary/aromatic N) is 2. The molecule has 96 valence electrons. The van der Waals surface area contributed by atoms with E-state index in [4.69, 9.17) is 9.47 Å². The number of thiol groups is 1. The lowest BCUT2D eigenvalue weighted by Gasteiger charge is -2.25. The van der Waals surface area contributed by atoms with E-state index in [2.05, 4.69) is 22.5 Å². The van der Waals surface area contributed by atoms with Gasteiger partial charge in [0.25, 0.3) is 0 Å². The summed E-state index contributed by atoms with van der Waals surface area (Å²) in [7, 11) is 1.70. The Morgan fingerprint density at radius 1 is 1.47 bits per heavy atom. The van der Waals surface area contributed by atoms with E-state index in [9.17, 15) is 0 Å². The van der Waals surface area contributed by atoms with Crippen LogP contribution in [0.2, 0.25) is 0 Å². The van der Waals surface area contributed by atoms with Crippen molar-refractivity contribution >= 4 is 24.0 Å². The van der Waals surface area contributed by atoms with Gasteiger partial charge in [0.15, 0.2) is 0 Å². The molecule has 1 aromatic heterocycles. The smallest absolute Gasteiger partial charge is 0.107 e. The second kappa shape index (κ2) is 6.70. The minimum absolute atomic E-state index is 0.579. The van der Waals surface area contributed by atoms with E-state index < -0.39 is 0 Å². The van der Waals surface area contributed by atoms with Crippen LogP contribution in [0.25, 0.3) is 0 Å². The van der Waals surface area contributed by atoms with Gasteiger partial charge in [-0.1, -0.05) is 0 Å². The van der Waals surface area contributed by atoms with Gasteiger partial charge < -0.3 is 9.47 Å². The fraction of sp³-hybridized carbons (Fsp3) is 0.727. The van der Waals surface area contributed by atoms with Crippen LogP contribution in [0, 0.1) is 0 Å². The lowest BCUT2D eigenvalue weighted by atomic mass is 10.4. The van der Waals surface area contributed by atoms with E-state index in [1.807, 2.05) is 0 Å². The standard InChI is InChI=1S/C11H18N2O2S2/c1-14-7-9-10(8-16)17-11(12-9)6-13-2-4-15-5-3-13/h16H,2-8H2,1H3. The van der Waals surface area contributed by atoms with Crippen molar-refractivity contribution < 1.29 is 9.47 Å². The van der Waals surface area contributed by atoms with E-state index >= 15 is 0 Å². The summed E-state index contributed by atoms with van der Waals surface area (Å²) in [6, 6.07) is 0. The Labute approximate surface area is 111 Å². The Hall–Kier alpha value is -0.140. The summed E-state index contributed by atoms with van der Waals surface area (Å²) >= 11 is 6.08. The first-order valence-electron chi connectivity index (χ1n) is 5.71. The molecule has 1 aliphatic rings. The van der Waals surface area contributed by atoms with Crippen molar-refractivity contribution in [3.8, 4) is 0 Å². The average molecular weight is 274 g/mol. The Kier molecular flexibility index (Phi) is 5.24. The second-order valence-corrected chi connectivity index (χ2v) is 5.44. The molecule has 0 spiro atoms. The van der Waals surface area contributed by atoms with Gasteiger partial charge in [-0.15, -0.1) is 11.3 Å². The Morgan fingerprint density at radius 3 is 2.88 bits per heavy atom. The normalized spacial score (nSPS) is 17.5. The molecule has 0 bridgehead atoms. The molecule has 4 nitrogen and oxygen atoms in total. The van der Waals surface area contributed by atoms with Gasteiger partial charge in [0.1, 0.15) is 5.01 Å². The molecule has 1 aliphatic heterocycles. The summed E-state index contributed by atoms with van der Waals surface area (Å²) < 4.78 is 10.5. The Morgan fingerprint density at radius 2 is 2.24 bits per heavy atom. The molecular formula is C11H18N2O2S2. The van der Waals surface area contributed by atoms with Crippen LogP contribution in [-0.4, -0.2) is 43.3 Å². The van der Waals surface area contributed by atoms with Crippen molar-refractivity contribution in [3.63, 3.8) is 0 Å². The predicted molar refractivity (Wildman–Crippen MR) is 71.6 cm³/mol. The summed E-state index contributed by atoms with van der Waals surface area (Å²) in [5, 5.41) is 1.16. The number of morpholine rings is 1. The van der Waals surface area contributed by atoms with Crippen LogP contribution in [-0.2, 0) is 28.4 Å². The fourth-order valence-corrected chi connectivity index (χ4v) is 3.18. The second-order valence-electron chi connectivity index (χ2n) is 3.96. The maximum absolute atomic E-state index is 5.34. The highest BCUT2D eigenvalue weighted by molar-refractivity contribution is 7.79. The van der Waals surface area contributed by atoms with Gasteiger partial charge in [-0.05, 0) is 0 Å². The van der Waals surface area contributed by atoms with Crippen LogP contribution in [0.3, 0.4) is 0 Å². The largest absolute Gasteiger partial charge is 0.379 e. The zero-order chi connectivity index (χ0) is 12.1. The number of hydrogen-bond acceptors (Lipinski definition) is 6. The lowest BCUT2D eigenvalue weighted by Crippen LogP contribution is -2.35. The quantitative estimate of drug-likeness (QED) is 0.826. The molecule has 0 radical (unpaired) electrons. The van der Waals surface area contributed by atoms with Crippen LogP contribution in [0.15, 0.2) is 0 Å². The van der Waals surface area contributed by atoms with E-state index in [0.717, 1.165) is 49.3 Å². The molecule has 6 heteroatoms. The predicted octanol–water partition coefficient (Wildman–Crippen LogP) is 1.55. The van der Waals surface area contributed by atoms with Crippen LogP contribution >= 0.6 is 24.0 Å². The third kappa shape index (κ3) is 3.66. The van der Waals surface area contributed by atoms with Crippen LogP contribution in [0.5, 0.6) is 0 Å². The molecule has 17 heavy (non-hydrogen) atoms. The summed E-state index contributed by atoms with van der Waals surface area (Å²) in [6.45, 7) is 5.14. The summed E-state index contributed by atoms with van der Waals surface area (Å²) in [5.41, 5.74) is 1.04. The summed E-state index contributed by atoms with van der Waals surface area (Å²) in [5.74, 6) is 0.736. The highest BCUT2D eigenvalue weighted by Gasteiger charge is 2.15. The summed E-state index contributed by atoms with van der Waals surface area (Å²) in [4.78, 5) is 8.22. The molecule has 0 N–H and O–H groups in total. The molecule has 1 saturated heterocycles. The zero-order valence-corrected chi connectivity index (χ0v) is 11.7. The number of rotatable bonds is 5. The van der Waals surface area contributed by atoms with Gasteiger partial charge in [0.05, 0.1) is 32.1 Å². The first-order chi connectivity index (χ1) is 8.33. The topological polar surface area (TPSA) is 34.6 Å². The maximum Gasteiger partial charge on any atom is 0.107 e. The molecule has 0 aromatic carbocycles. The van der Waals surface area contributed by atoms with Crippen LogP contribution < -0.4 is 0 Å². The Bertz CT molecular complexity index is 351. The third-order valence-electron chi connectivity index (χ3n) is 2.71. The van der Waals surface area contributed by atoms with Gasteiger partial charge in [0.2, 0.25) is 0 Å². The highest BCUT2D eigenvalue weighted by Crippen LogP contribution is 2.22.